The van der Waals surface area contributed by atoms with Crippen molar-refractivity contribution in [1.29, 1.82) is 0 Å². The van der Waals surface area contributed by atoms with E-state index in [9.17, 15) is 18.0 Å². The number of sulfonamides is 1. The molecule has 8 nitrogen and oxygen atoms in total. The van der Waals surface area contributed by atoms with Gasteiger partial charge in [0.1, 0.15) is 12.1 Å². The van der Waals surface area contributed by atoms with Gasteiger partial charge < -0.3 is 5.32 Å². The Morgan fingerprint density at radius 1 is 1.03 bits per heavy atom. The Morgan fingerprint density at radius 2 is 1.62 bits per heavy atom. The van der Waals surface area contributed by atoms with Crippen molar-refractivity contribution < 1.29 is 23.2 Å². The van der Waals surface area contributed by atoms with Crippen LogP contribution >= 0.6 is 23.2 Å². The molecule has 0 saturated carbocycles. The number of carbonyl (C=O) groups is 2. The number of nitrogens with one attached hydrogen (secondary N) is 3. The second kappa shape index (κ2) is 11.6. The maximum absolute atomic E-state index is 13.1. The first-order valence-corrected chi connectivity index (χ1v) is 12.1. The van der Waals surface area contributed by atoms with Gasteiger partial charge in [-0.25, -0.2) is 13.9 Å². The molecule has 0 radical (unpaired) electrons. The van der Waals surface area contributed by atoms with Crippen molar-refractivity contribution in [2.45, 2.75) is 43.7 Å². The predicted molar refractivity (Wildman–Crippen MR) is 122 cm³/mol. The molecule has 0 aliphatic heterocycles. The van der Waals surface area contributed by atoms with Crippen molar-refractivity contribution >= 4 is 45.0 Å². The highest BCUT2D eigenvalue weighted by atomic mass is 35.5. The molecule has 2 aromatic rings. The number of benzene rings is 2. The van der Waals surface area contributed by atoms with E-state index in [1.165, 1.54) is 23.7 Å². The minimum atomic E-state index is -4.19. The molecule has 0 fully saturated rings. The summed E-state index contributed by atoms with van der Waals surface area (Å²) in [7, 11) is -4.19. The standard InChI is InChI=1S/C21H25Cl2N3O5S/c1-3-13(2)19(21(28)25-29)24-20(27)18(9-14-7-5-4-6-8-14)26-32(30,31)17-11-15(22)10-16(23)12-17/h4-8,10-13,18-19,26,29H,3,9H2,1-2H3,(H,24,27)(H,25,28)/t13-,18-,19-/m0/s1. The number of hydrogen-bond acceptors (Lipinski definition) is 5. The zero-order valence-electron chi connectivity index (χ0n) is 17.5. The molecule has 2 aromatic carbocycles. The van der Waals surface area contributed by atoms with E-state index in [0.29, 0.717) is 12.0 Å². The van der Waals surface area contributed by atoms with E-state index in [1.807, 2.05) is 6.92 Å². The van der Waals surface area contributed by atoms with Crippen LogP contribution in [0.3, 0.4) is 0 Å². The lowest BCUT2D eigenvalue weighted by Crippen LogP contribution is -2.56. The summed E-state index contributed by atoms with van der Waals surface area (Å²) < 4.78 is 28.3. The first-order chi connectivity index (χ1) is 15.1. The molecule has 0 bridgehead atoms. The maximum Gasteiger partial charge on any atom is 0.266 e. The molecule has 0 unspecified atom stereocenters. The normalized spacial score (nSPS) is 14.3. The molecule has 0 aliphatic rings. The second-order valence-corrected chi connectivity index (χ2v) is 9.90. The average Bonchev–Trinajstić information content (AvgIpc) is 2.75. The third kappa shape index (κ3) is 7.18. The molecule has 0 spiro atoms. The summed E-state index contributed by atoms with van der Waals surface area (Å²) in [4.78, 5) is 25.0. The van der Waals surface area contributed by atoms with Crippen LogP contribution in [-0.2, 0) is 26.0 Å². The van der Waals surface area contributed by atoms with Crippen molar-refractivity contribution in [3.8, 4) is 0 Å². The van der Waals surface area contributed by atoms with Gasteiger partial charge in [-0.15, -0.1) is 0 Å². The van der Waals surface area contributed by atoms with Gasteiger partial charge in [0.2, 0.25) is 15.9 Å². The monoisotopic (exact) mass is 501 g/mol. The van der Waals surface area contributed by atoms with Gasteiger partial charge in [0.05, 0.1) is 4.90 Å². The topological polar surface area (TPSA) is 125 Å². The predicted octanol–water partition coefficient (Wildman–Crippen LogP) is 2.92. The first-order valence-electron chi connectivity index (χ1n) is 9.84. The van der Waals surface area contributed by atoms with Crippen LogP contribution in [0.4, 0.5) is 0 Å². The Bertz CT molecular complexity index is 1030. The van der Waals surface area contributed by atoms with Crippen molar-refractivity contribution in [3.63, 3.8) is 0 Å². The molecule has 0 heterocycles. The summed E-state index contributed by atoms with van der Waals surface area (Å²) in [6.07, 6.45) is 0.558. The fourth-order valence-electron chi connectivity index (χ4n) is 3.00. The lowest BCUT2D eigenvalue weighted by atomic mass is 9.97. The van der Waals surface area contributed by atoms with Gasteiger partial charge in [-0.3, -0.25) is 14.8 Å². The number of rotatable bonds is 10. The Morgan fingerprint density at radius 3 is 2.16 bits per heavy atom. The summed E-state index contributed by atoms with van der Waals surface area (Å²) >= 11 is 11.9. The number of halogens is 2. The molecule has 11 heteroatoms. The van der Waals surface area contributed by atoms with Crippen molar-refractivity contribution in [2.75, 3.05) is 0 Å². The van der Waals surface area contributed by atoms with Gasteiger partial charge in [0, 0.05) is 10.0 Å². The van der Waals surface area contributed by atoms with Crippen LogP contribution in [-0.4, -0.2) is 37.5 Å². The van der Waals surface area contributed by atoms with Crippen LogP contribution in [0.25, 0.3) is 0 Å². The number of amides is 2. The molecule has 0 aliphatic carbocycles. The van der Waals surface area contributed by atoms with Crippen LogP contribution in [0.1, 0.15) is 25.8 Å². The Hall–Kier alpha value is -2.17. The summed E-state index contributed by atoms with van der Waals surface area (Å²) in [5, 5.41) is 11.8. The average molecular weight is 502 g/mol. The van der Waals surface area contributed by atoms with Crippen molar-refractivity contribution in [3.05, 3.63) is 64.1 Å². The molecule has 3 atom stereocenters. The van der Waals surface area contributed by atoms with Crippen LogP contribution in [0.2, 0.25) is 10.0 Å². The van der Waals surface area contributed by atoms with Gasteiger partial charge in [-0.05, 0) is 36.1 Å². The van der Waals surface area contributed by atoms with E-state index in [-0.39, 0.29) is 27.3 Å². The van der Waals surface area contributed by atoms with Crippen LogP contribution in [0.15, 0.2) is 53.4 Å². The summed E-state index contributed by atoms with van der Waals surface area (Å²) in [6.45, 7) is 3.55. The first kappa shape index (κ1) is 26.1. The van der Waals surface area contributed by atoms with Crippen molar-refractivity contribution in [1.82, 2.24) is 15.5 Å². The van der Waals surface area contributed by atoms with E-state index in [0.717, 1.165) is 0 Å². The summed E-state index contributed by atoms with van der Waals surface area (Å²) in [5.41, 5.74) is 2.24. The van der Waals surface area contributed by atoms with Gasteiger partial charge in [-0.2, -0.15) is 4.72 Å². The smallest absolute Gasteiger partial charge is 0.266 e. The van der Waals surface area contributed by atoms with Crippen LogP contribution in [0, 0.1) is 5.92 Å². The molecule has 174 valence electrons. The Balaban J connectivity index is 2.36. The van der Waals surface area contributed by atoms with Crippen molar-refractivity contribution in [2.24, 2.45) is 5.92 Å². The van der Waals surface area contributed by atoms with Gasteiger partial charge >= 0.3 is 0 Å². The van der Waals surface area contributed by atoms with E-state index >= 15 is 0 Å². The SMILES string of the molecule is CC[C@H](C)[C@H](NC(=O)[C@H](Cc1ccccc1)NS(=O)(=O)c1cc(Cl)cc(Cl)c1)C(=O)NO. The lowest BCUT2D eigenvalue weighted by Gasteiger charge is -2.25. The highest BCUT2D eigenvalue weighted by Crippen LogP contribution is 2.23. The quantitative estimate of drug-likeness (QED) is 0.294. The summed E-state index contributed by atoms with van der Waals surface area (Å²) in [6, 6.07) is 10.3. The lowest BCUT2D eigenvalue weighted by molar-refractivity contribution is -0.136. The van der Waals surface area contributed by atoms with Crippen LogP contribution in [0.5, 0.6) is 0 Å². The molecular formula is C21H25Cl2N3O5S. The second-order valence-electron chi connectivity index (χ2n) is 7.32. The third-order valence-electron chi connectivity index (χ3n) is 4.95. The molecule has 2 amide bonds. The molecule has 0 saturated heterocycles. The fraction of sp³-hybridized carbons (Fsp3) is 0.333. The van der Waals surface area contributed by atoms with Gasteiger partial charge in [0.15, 0.2) is 0 Å². The maximum atomic E-state index is 13.1. The largest absolute Gasteiger partial charge is 0.343 e. The molecule has 2 rings (SSSR count). The van der Waals surface area contributed by atoms with E-state index in [2.05, 4.69) is 10.0 Å². The number of carbonyl (C=O) groups excluding carboxylic acids is 2. The molecule has 32 heavy (non-hydrogen) atoms. The molecule has 4 N–H and O–H groups in total. The highest BCUT2D eigenvalue weighted by molar-refractivity contribution is 7.89. The van der Waals surface area contributed by atoms with E-state index in [1.54, 1.807) is 37.3 Å². The van der Waals surface area contributed by atoms with E-state index in [4.69, 9.17) is 28.4 Å². The molecule has 0 aromatic heterocycles. The molecular weight excluding hydrogens is 477 g/mol. The Kier molecular flexibility index (Phi) is 9.47. The van der Waals surface area contributed by atoms with E-state index < -0.39 is 33.9 Å². The minimum Gasteiger partial charge on any atom is -0.343 e. The van der Waals surface area contributed by atoms with Gasteiger partial charge in [0.25, 0.3) is 5.91 Å². The fourth-order valence-corrected chi connectivity index (χ4v) is 4.92. The summed E-state index contributed by atoms with van der Waals surface area (Å²) in [5.74, 6) is -1.83. The zero-order chi connectivity index (χ0) is 23.9. The third-order valence-corrected chi connectivity index (χ3v) is 6.83. The highest BCUT2D eigenvalue weighted by Gasteiger charge is 2.31. The van der Waals surface area contributed by atoms with Crippen LogP contribution < -0.4 is 15.5 Å². The minimum absolute atomic E-state index is 0.0220. The number of hydroxylamine groups is 1. The Labute approximate surface area is 197 Å². The van der Waals surface area contributed by atoms with Gasteiger partial charge in [-0.1, -0.05) is 73.8 Å². The number of hydrogen-bond donors (Lipinski definition) is 4. The zero-order valence-corrected chi connectivity index (χ0v) is 19.8.